The number of nitrogens with two attached hydrogens (primary N) is 1. The Labute approximate surface area is 209 Å². The summed E-state index contributed by atoms with van der Waals surface area (Å²) in [6.45, 7) is 1.98. The number of likely N-dealkylation sites (tertiary alicyclic amines) is 1. The molecular weight excluding hydrogens is 454 g/mol. The Morgan fingerprint density at radius 1 is 1.06 bits per heavy atom. The summed E-state index contributed by atoms with van der Waals surface area (Å²) in [5.41, 5.74) is 10.2. The number of ketones is 1. The number of nitrogen functional groups attached to an aromatic ring is 1. The van der Waals surface area contributed by atoms with E-state index in [0.29, 0.717) is 17.2 Å². The smallest absolute Gasteiger partial charge is 0.223 e. The molecule has 4 aromatic rings. The van der Waals surface area contributed by atoms with Gasteiger partial charge in [0.2, 0.25) is 5.95 Å². The van der Waals surface area contributed by atoms with Gasteiger partial charge in [0.15, 0.2) is 5.78 Å². The molecule has 7 heteroatoms. The van der Waals surface area contributed by atoms with E-state index in [1.54, 1.807) is 23.7 Å². The van der Waals surface area contributed by atoms with E-state index < -0.39 is 0 Å². The first-order valence-electron chi connectivity index (χ1n) is 11.8. The van der Waals surface area contributed by atoms with Gasteiger partial charge in [0.05, 0.1) is 11.1 Å². The number of thiophene rings is 1. The summed E-state index contributed by atoms with van der Waals surface area (Å²) in [7, 11) is 2.15. The first-order valence-corrected chi connectivity index (χ1v) is 12.7. The quantitative estimate of drug-likeness (QED) is 0.276. The van der Waals surface area contributed by atoms with Crippen molar-refractivity contribution >= 4 is 28.8 Å². The lowest BCUT2D eigenvalue weighted by Gasteiger charge is -2.41. The molecule has 0 radical (unpaired) electrons. The summed E-state index contributed by atoms with van der Waals surface area (Å²) in [5, 5.41) is 5.64. The molecule has 2 aromatic carbocycles. The van der Waals surface area contributed by atoms with Crippen LogP contribution in [-0.4, -0.2) is 40.8 Å². The van der Waals surface area contributed by atoms with Crippen LogP contribution in [0.1, 0.15) is 34.3 Å². The third-order valence-electron chi connectivity index (χ3n) is 6.79. The van der Waals surface area contributed by atoms with E-state index in [1.165, 1.54) is 5.56 Å². The molecule has 3 heterocycles. The number of nitrogens with zero attached hydrogens (tertiary/aromatic N) is 3. The largest absolute Gasteiger partial charge is 0.398 e. The fourth-order valence-electron chi connectivity index (χ4n) is 4.62. The molecule has 35 heavy (non-hydrogen) atoms. The summed E-state index contributed by atoms with van der Waals surface area (Å²) in [6, 6.07) is 20.4. The van der Waals surface area contributed by atoms with E-state index in [9.17, 15) is 4.79 Å². The number of anilines is 2. The fourth-order valence-corrected chi connectivity index (χ4v) is 5.35. The second-order valence-corrected chi connectivity index (χ2v) is 10.1. The number of hydrogen-bond acceptors (Lipinski definition) is 7. The van der Waals surface area contributed by atoms with Gasteiger partial charge in [0.1, 0.15) is 0 Å². The maximum Gasteiger partial charge on any atom is 0.223 e. The number of rotatable bonds is 7. The molecule has 0 bridgehead atoms. The summed E-state index contributed by atoms with van der Waals surface area (Å²) in [6.07, 6.45) is 5.35. The highest BCUT2D eigenvalue weighted by Gasteiger charge is 2.36. The van der Waals surface area contributed by atoms with E-state index >= 15 is 0 Å². The number of nitrogens with one attached hydrogen (secondary N) is 1. The van der Waals surface area contributed by atoms with Crippen molar-refractivity contribution in [1.82, 2.24) is 14.9 Å². The Hall–Kier alpha value is -3.55. The molecule has 1 saturated heterocycles. The van der Waals surface area contributed by atoms with E-state index in [0.717, 1.165) is 41.9 Å². The molecule has 1 aliphatic heterocycles. The van der Waals surface area contributed by atoms with Crippen LogP contribution >= 0.6 is 11.3 Å². The third kappa shape index (κ3) is 5.11. The van der Waals surface area contributed by atoms with Gasteiger partial charge in [-0.15, -0.1) is 11.3 Å². The first-order chi connectivity index (χ1) is 17.0. The number of benzene rings is 2. The predicted molar refractivity (Wildman–Crippen MR) is 143 cm³/mol. The van der Waals surface area contributed by atoms with Gasteiger partial charge in [-0.25, -0.2) is 9.97 Å². The lowest BCUT2D eigenvalue weighted by Crippen LogP contribution is -2.46. The Bertz CT molecular complexity index is 1280. The van der Waals surface area contributed by atoms with Crippen LogP contribution in [0.25, 0.3) is 10.4 Å². The van der Waals surface area contributed by atoms with Gasteiger partial charge in [-0.2, -0.15) is 0 Å². The van der Waals surface area contributed by atoms with E-state index in [2.05, 4.69) is 57.6 Å². The van der Waals surface area contributed by atoms with E-state index in [-0.39, 0.29) is 17.7 Å². The molecule has 0 aliphatic carbocycles. The summed E-state index contributed by atoms with van der Waals surface area (Å²) >= 11 is 1.66. The van der Waals surface area contributed by atoms with E-state index in [1.807, 2.05) is 35.7 Å². The second kappa shape index (κ2) is 9.98. The predicted octanol–water partition coefficient (Wildman–Crippen LogP) is 5.25. The van der Waals surface area contributed by atoms with Crippen LogP contribution in [-0.2, 0) is 12.0 Å². The van der Waals surface area contributed by atoms with Crippen molar-refractivity contribution in [2.75, 3.05) is 31.2 Å². The average Bonchev–Trinajstić information content (AvgIpc) is 3.43. The Morgan fingerprint density at radius 3 is 2.49 bits per heavy atom. The molecule has 0 saturated carbocycles. The minimum Gasteiger partial charge on any atom is -0.398 e. The number of Topliss-reactive ketones (excluding diaryl/α,β-unsaturated/α-hetero) is 1. The number of carbonyl (C=O) groups excluding carboxylic acids is 1. The molecular formula is C28H29N5OS. The van der Waals surface area contributed by atoms with Gasteiger partial charge >= 0.3 is 0 Å². The molecule has 5 rings (SSSR count). The van der Waals surface area contributed by atoms with Crippen LogP contribution in [0.15, 0.2) is 78.4 Å². The Balaban J connectivity index is 1.32. The zero-order valence-corrected chi connectivity index (χ0v) is 20.6. The van der Waals surface area contributed by atoms with Crippen LogP contribution in [0.2, 0.25) is 0 Å². The number of hydrogen-bond donors (Lipinski definition) is 2. The zero-order valence-electron chi connectivity index (χ0n) is 19.8. The highest BCUT2D eigenvalue weighted by molar-refractivity contribution is 7.13. The lowest BCUT2D eigenvalue weighted by molar-refractivity contribution is 0.0992. The van der Waals surface area contributed by atoms with Gasteiger partial charge in [0.25, 0.3) is 0 Å². The minimum atomic E-state index is -0.226. The van der Waals surface area contributed by atoms with Gasteiger partial charge in [0, 0.05) is 42.5 Å². The third-order valence-corrected chi connectivity index (χ3v) is 7.71. The first kappa shape index (κ1) is 23.2. The number of aromatic nitrogens is 2. The van der Waals surface area contributed by atoms with Crippen molar-refractivity contribution in [2.24, 2.45) is 0 Å². The van der Waals surface area contributed by atoms with Gasteiger partial charge in [-0.1, -0.05) is 42.5 Å². The maximum atomic E-state index is 13.0. The van der Waals surface area contributed by atoms with Gasteiger partial charge in [-0.05, 0) is 60.2 Å². The van der Waals surface area contributed by atoms with Crippen LogP contribution < -0.4 is 11.1 Å². The summed E-state index contributed by atoms with van der Waals surface area (Å²) < 4.78 is 0. The van der Waals surface area contributed by atoms with Gasteiger partial charge < -0.3 is 16.0 Å². The topological polar surface area (TPSA) is 84.1 Å². The van der Waals surface area contributed by atoms with Crippen LogP contribution in [0.5, 0.6) is 0 Å². The van der Waals surface area contributed by atoms with Crippen molar-refractivity contribution in [3.8, 4) is 10.4 Å². The molecule has 1 fully saturated rings. The molecule has 6 nitrogen and oxygen atoms in total. The van der Waals surface area contributed by atoms with Crippen LogP contribution in [0.3, 0.4) is 0 Å². The van der Waals surface area contributed by atoms with Crippen molar-refractivity contribution in [3.63, 3.8) is 0 Å². The fraction of sp³-hybridized carbons (Fsp3) is 0.250. The highest BCUT2D eigenvalue weighted by Crippen LogP contribution is 2.35. The maximum absolute atomic E-state index is 13.0. The number of piperidine rings is 1. The summed E-state index contributed by atoms with van der Waals surface area (Å²) in [4.78, 5) is 25.6. The summed E-state index contributed by atoms with van der Waals surface area (Å²) in [5.74, 6) is 0.484. The average molecular weight is 484 g/mol. The normalized spacial score (nSPS) is 15.6. The second-order valence-electron chi connectivity index (χ2n) is 9.16. The van der Waals surface area contributed by atoms with Crippen molar-refractivity contribution in [2.45, 2.75) is 24.8 Å². The molecule has 0 unspecified atom stereocenters. The van der Waals surface area contributed by atoms with Crippen LogP contribution in [0.4, 0.5) is 11.6 Å². The number of carbonyl (C=O) groups is 1. The standard InChI is InChI=1S/C28H29N5OS/c1-33-13-11-28(12-14-33,23-6-3-2-4-7-23)32-27-30-18-22(19-31-27)25(34)17-21-16-20(9-10-24(21)29)26-8-5-15-35-26/h2-10,15-16,18-19H,11-14,17,29H2,1H3,(H,30,31,32). The zero-order chi connectivity index (χ0) is 24.3. The lowest BCUT2D eigenvalue weighted by atomic mass is 9.81. The minimum absolute atomic E-state index is 0.0522. The molecule has 0 amide bonds. The van der Waals surface area contributed by atoms with Crippen molar-refractivity contribution in [3.05, 3.63) is 95.1 Å². The monoisotopic (exact) mass is 483 g/mol. The Kier molecular flexibility index (Phi) is 6.61. The molecule has 178 valence electrons. The van der Waals surface area contributed by atoms with Crippen LogP contribution in [0, 0.1) is 0 Å². The molecule has 0 spiro atoms. The highest BCUT2D eigenvalue weighted by atomic mass is 32.1. The van der Waals surface area contributed by atoms with Crippen molar-refractivity contribution in [1.29, 1.82) is 0 Å². The molecule has 2 aromatic heterocycles. The van der Waals surface area contributed by atoms with Gasteiger partial charge in [-0.3, -0.25) is 4.79 Å². The van der Waals surface area contributed by atoms with Crippen molar-refractivity contribution < 1.29 is 4.79 Å². The molecule has 3 N–H and O–H groups in total. The molecule has 1 aliphatic rings. The SMILES string of the molecule is CN1CCC(Nc2ncc(C(=O)Cc3cc(-c4cccs4)ccc3N)cn2)(c2ccccc2)CC1. The van der Waals surface area contributed by atoms with E-state index in [4.69, 9.17) is 5.73 Å². The molecule has 0 atom stereocenters. The Morgan fingerprint density at radius 2 is 1.80 bits per heavy atom.